The van der Waals surface area contributed by atoms with Crippen LogP contribution in [-0.4, -0.2) is 11.4 Å². The summed E-state index contributed by atoms with van der Waals surface area (Å²) in [6, 6.07) is 14.0. The topological polar surface area (TPSA) is 24.7 Å². The standard InChI is InChI=1S/C48H80N2/c1-7-13-15-16-17-18-19-20-21-22-23-24-25-26-27-28-34-48(50-46-38-36-42(30-10-4)44(40-46)32-12-6)47(33-14-8-2)49-45-37-35-41(29-9-3)43(39-45)31-11-5/h35-40H,7-34H2,1-6H3. The minimum atomic E-state index is 1.00. The number of aryl methyl sites for hydroxylation is 4. The predicted molar refractivity (Wildman–Crippen MR) is 227 cm³/mol. The van der Waals surface area contributed by atoms with Crippen molar-refractivity contribution < 1.29 is 0 Å². The van der Waals surface area contributed by atoms with Crippen LogP contribution in [0.5, 0.6) is 0 Å². The lowest BCUT2D eigenvalue weighted by molar-refractivity contribution is 0.530. The van der Waals surface area contributed by atoms with Crippen LogP contribution in [0.2, 0.25) is 0 Å². The summed E-state index contributed by atoms with van der Waals surface area (Å²) >= 11 is 0. The molecular weight excluding hydrogens is 605 g/mol. The molecule has 0 aromatic heterocycles. The lowest BCUT2D eigenvalue weighted by atomic mass is 9.98. The molecule has 0 aliphatic heterocycles. The van der Waals surface area contributed by atoms with Gasteiger partial charge in [-0.05, 0) is 97.9 Å². The van der Waals surface area contributed by atoms with E-state index in [4.69, 9.17) is 9.98 Å². The molecule has 0 saturated heterocycles. The first kappa shape index (κ1) is 43.9. The normalized spacial score (nSPS) is 12.3. The van der Waals surface area contributed by atoms with E-state index in [0.29, 0.717) is 0 Å². The molecule has 282 valence electrons. The predicted octanol–water partition coefficient (Wildman–Crippen LogP) is 16.2. The van der Waals surface area contributed by atoms with Crippen molar-refractivity contribution in [3.63, 3.8) is 0 Å². The number of hydrogen-bond donors (Lipinski definition) is 0. The Morgan fingerprint density at radius 3 is 1.02 bits per heavy atom. The van der Waals surface area contributed by atoms with Crippen molar-refractivity contribution in [3.8, 4) is 0 Å². The second-order valence-electron chi connectivity index (χ2n) is 15.2. The molecule has 0 aliphatic rings. The van der Waals surface area contributed by atoms with Gasteiger partial charge in [-0.15, -0.1) is 0 Å². The molecule has 0 amide bonds. The van der Waals surface area contributed by atoms with Crippen molar-refractivity contribution in [1.82, 2.24) is 0 Å². The van der Waals surface area contributed by atoms with Gasteiger partial charge in [0, 0.05) is 0 Å². The summed E-state index contributed by atoms with van der Waals surface area (Å²) in [5.74, 6) is 0. The Labute approximate surface area is 311 Å². The Kier molecular flexibility index (Phi) is 25.8. The Bertz CT molecular complexity index is 1190. The zero-order valence-corrected chi connectivity index (χ0v) is 34.2. The van der Waals surface area contributed by atoms with Crippen LogP contribution in [0.1, 0.15) is 218 Å². The molecule has 0 aliphatic carbocycles. The van der Waals surface area contributed by atoms with Crippen LogP contribution in [0, 0.1) is 0 Å². The minimum Gasteiger partial charge on any atom is -0.252 e. The molecule has 0 atom stereocenters. The summed E-state index contributed by atoms with van der Waals surface area (Å²) in [6.07, 6.45) is 36.0. The maximum atomic E-state index is 5.45. The van der Waals surface area contributed by atoms with Crippen LogP contribution in [0.4, 0.5) is 11.4 Å². The van der Waals surface area contributed by atoms with Gasteiger partial charge in [-0.25, -0.2) is 0 Å². The Morgan fingerprint density at radius 2 is 0.660 bits per heavy atom. The van der Waals surface area contributed by atoms with Gasteiger partial charge >= 0.3 is 0 Å². The number of unbranched alkanes of at least 4 members (excludes halogenated alkanes) is 16. The summed E-state index contributed by atoms with van der Waals surface area (Å²) in [7, 11) is 0. The monoisotopic (exact) mass is 685 g/mol. The summed E-state index contributed by atoms with van der Waals surface area (Å²) in [5, 5.41) is 0. The summed E-state index contributed by atoms with van der Waals surface area (Å²) in [6.45, 7) is 13.8. The molecule has 0 radical (unpaired) electrons. The Balaban J connectivity index is 2.10. The molecule has 2 nitrogen and oxygen atoms in total. The van der Waals surface area contributed by atoms with E-state index in [1.807, 2.05) is 0 Å². The number of rotatable bonds is 31. The number of hydrogen-bond acceptors (Lipinski definition) is 2. The van der Waals surface area contributed by atoms with E-state index in [0.717, 1.165) is 56.3 Å². The maximum absolute atomic E-state index is 5.45. The van der Waals surface area contributed by atoms with E-state index in [2.05, 4.69) is 77.9 Å². The fraction of sp³-hybridized carbons (Fsp3) is 0.708. The van der Waals surface area contributed by atoms with Crippen molar-refractivity contribution in [3.05, 3.63) is 58.7 Å². The highest BCUT2D eigenvalue weighted by Gasteiger charge is 2.13. The van der Waals surface area contributed by atoms with Gasteiger partial charge in [0.25, 0.3) is 0 Å². The number of nitrogens with zero attached hydrogens (tertiary/aromatic N) is 2. The van der Waals surface area contributed by atoms with Gasteiger partial charge in [0.1, 0.15) is 0 Å². The highest BCUT2D eigenvalue weighted by molar-refractivity contribution is 6.43. The van der Waals surface area contributed by atoms with Crippen LogP contribution < -0.4 is 0 Å². The van der Waals surface area contributed by atoms with E-state index < -0.39 is 0 Å². The summed E-state index contributed by atoms with van der Waals surface area (Å²) < 4.78 is 0. The number of benzene rings is 2. The Morgan fingerprint density at radius 1 is 0.340 bits per heavy atom. The van der Waals surface area contributed by atoms with Gasteiger partial charge in [0.05, 0.1) is 22.8 Å². The number of aliphatic imine (C=N–C) groups is 2. The first-order valence-electron chi connectivity index (χ1n) is 22.0. The molecular formula is C48H80N2. The van der Waals surface area contributed by atoms with Gasteiger partial charge < -0.3 is 0 Å². The fourth-order valence-corrected chi connectivity index (χ4v) is 7.42. The highest BCUT2D eigenvalue weighted by Crippen LogP contribution is 2.26. The second-order valence-corrected chi connectivity index (χ2v) is 15.2. The quantitative estimate of drug-likeness (QED) is 0.0558. The molecule has 0 fully saturated rings. The minimum absolute atomic E-state index is 1.00. The average molecular weight is 685 g/mol. The van der Waals surface area contributed by atoms with E-state index in [1.165, 1.54) is 169 Å². The van der Waals surface area contributed by atoms with E-state index in [9.17, 15) is 0 Å². The molecule has 2 aromatic carbocycles. The van der Waals surface area contributed by atoms with Gasteiger partial charge in [0.2, 0.25) is 0 Å². The molecule has 2 aromatic rings. The molecule has 0 heterocycles. The van der Waals surface area contributed by atoms with Gasteiger partial charge in [0.15, 0.2) is 0 Å². The molecule has 0 spiro atoms. The van der Waals surface area contributed by atoms with Crippen LogP contribution in [0.3, 0.4) is 0 Å². The van der Waals surface area contributed by atoms with Crippen LogP contribution in [0.25, 0.3) is 0 Å². The Hall–Kier alpha value is -2.22. The first-order valence-corrected chi connectivity index (χ1v) is 22.0. The SMILES string of the molecule is CCCCCCCCCCCCCCCCCCC(=Nc1ccc(CCC)c(CCC)c1)C(CCCC)=Nc1ccc(CCC)c(CCC)c1. The lowest BCUT2D eigenvalue weighted by Crippen LogP contribution is -2.14. The van der Waals surface area contributed by atoms with Gasteiger partial charge in [-0.2, -0.15) is 0 Å². The molecule has 50 heavy (non-hydrogen) atoms. The van der Waals surface area contributed by atoms with Gasteiger partial charge in [-0.3, -0.25) is 9.98 Å². The smallest absolute Gasteiger partial charge is 0.0636 e. The van der Waals surface area contributed by atoms with Crippen LogP contribution in [0.15, 0.2) is 46.4 Å². The molecule has 2 rings (SSSR count). The maximum Gasteiger partial charge on any atom is 0.0636 e. The van der Waals surface area contributed by atoms with Crippen molar-refractivity contribution in [2.24, 2.45) is 9.98 Å². The van der Waals surface area contributed by atoms with Crippen molar-refractivity contribution in [2.75, 3.05) is 0 Å². The van der Waals surface area contributed by atoms with E-state index in [-0.39, 0.29) is 0 Å². The molecule has 2 heteroatoms. The fourth-order valence-electron chi connectivity index (χ4n) is 7.42. The lowest BCUT2D eigenvalue weighted by Gasteiger charge is -2.14. The third-order valence-electron chi connectivity index (χ3n) is 10.4. The first-order chi connectivity index (χ1) is 24.6. The van der Waals surface area contributed by atoms with Crippen LogP contribution >= 0.6 is 0 Å². The van der Waals surface area contributed by atoms with Crippen molar-refractivity contribution >= 4 is 22.8 Å². The second kappa shape index (κ2) is 29.4. The molecule has 0 bridgehead atoms. The summed E-state index contributed by atoms with van der Waals surface area (Å²) in [5.41, 5.74) is 10.7. The summed E-state index contributed by atoms with van der Waals surface area (Å²) in [4.78, 5) is 10.9. The third kappa shape index (κ3) is 18.9. The molecule has 0 saturated carbocycles. The zero-order chi connectivity index (χ0) is 36.1. The van der Waals surface area contributed by atoms with Crippen molar-refractivity contribution in [2.45, 2.75) is 221 Å². The molecule has 0 N–H and O–H groups in total. The third-order valence-corrected chi connectivity index (χ3v) is 10.4. The molecule has 0 unspecified atom stereocenters. The highest BCUT2D eigenvalue weighted by atomic mass is 14.8. The average Bonchev–Trinajstić information content (AvgIpc) is 3.12. The van der Waals surface area contributed by atoms with E-state index in [1.54, 1.807) is 0 Å². The van der Waals surface area contributed by atoms with E-state index >= 15 is 0 Å². The van der Waals surface area contributed by atoms with Gasteiger partial charge in [-0.1, -0.05) is 182 Å². The van der Waals surface area contributed by atoms with Crippen molar-refractivity contribution in [1.29, 1.82) is 0 Å². The van der Waals surface area contributed by atoms with Crippen LogP contribution in [-0.2, 0) is 25.7 Å². The zero-order valence-electron chi connectivity index (χ0n) is 34.2. The largest absolute Gasteiger partial charge is 0.252 e.